The molecule has 4 aromatic rings. The van der Waals surface area contributed by atoms with Crippen LogP contribution in [0.5, 0.6) is 0 Å². The quantitative estimate of drug-likeness (QED) is 0.161. The molecule has 5 fully saturated rings. The van der Waals surface area contributed by atoms with Gasteiger partial charge >= 0.3 is 6.03 Å². The molecule has 1 saturated heterocycles. The number of ether oxygens (including phenoxy) is 2. The van der Waals surface area contributed by atoms with Gasteiger partial charge in [-0.05, 0) is 96.2 Å². The van der Waals surface area contributed by atoms with Crippen LogP contribution in [0.25, 0.3) is 11.1 Å². The molecule has 4 atom stereocenters. The van der Waals surface area contributed by atoms with Gasteiger partial charge in [-0.3, -0.25) is 0 Å². The highest BCUT2D eigenvalue weighted by molar-refractivity contribution is 6.40. The Morgan fingerprint density at radius 1 is 0.900 bits per heavy atom. The third kappa shape index (κ3) is 6.93. The number of hydrogen-bond donors (Lipinski definition) is 3. The van der Waals surface area contributed by atoms with Gasteiger partial charge in [-0.1, -0.05) is 90.8 Å². The molecule has 3 N–H and O–H groups in total. The van der Waals surface area contributed by atoms with Crippen molar-refractivity contribution in [3.63, 3.8) is 0 Å². The van der Waals surface area contributed by atoms with Gasteiger partial charge < -0.3 is 29.8 Å². The van der Waals surface area contributed by atoms with Crippen LogP contribution in [0, 0.1) is 23.7 Å². The Labute approximate surface area is 303 Å². The van der Waals surface area contributed by atoms with Crippen molar-refractivity contribution in [1.82, 2.24) is 20.2 Å². The summed E-state index contributed by atoms with van der Waals surface area (Å²) >= 11 is 12.6. The van der Waals surface area contributed by atoms with Gasteiger partial charge in [0, 0.05) is 23.6 Å². The molecule has 2 heterocycles. The smallest absolute Gasteiger partial charge is 0.315 e. The SMILES string of the molecule is C[C@@H]1[C@H](Cn2cnc(Cl)c2Cl)O[C@H](c2cccc(-c3cccc(CNC(=O)NC45CC6CC(CC(C6)C4)C5)c3)c2)O[C@@H]1c1ccc(CO)cc1. The number of imidazole rings is 1. The van der Waals surface area contributed by atoms with Crippen LogP contribution in [0.2, 0.25) is 10.3 Å². The molecule has 5 aliphatic rings. The molecule has 262 valence electrons. The first-order valence-corrected chi connectivity index (χ1v) is 18.6. The van der Waals surface area contributed by atoms with E-state index < -0.39 is 6.29 Å². The number of carbonyl (C=O) groups excluding carboxylic acids is 1. The molecule has 9 rings (SSSR count). The van der Waals surface area contributed by atoms with Gasteiger partial charge in [0.25, 0.3) is 0 Å². The molecule has 1 aliphatic heterocycles. The van der Waals surface area contributed by atoms with Crippen LogP contribution in [-0.2, 0) is 29.2 Å². The summed E-state index contributed by atoms with van der Waals surface area (Å²) in [5.74, 6) is 2.32. The van der Waals surface area contributed by atoms with Crippen molar-refractivity contribution >= 4 is 29.2 Å². The van der Waals surface area contributed by atoms with E-state index in [0.29, 0.717) is 18.2 Å². The normalized spacial score (nSPS) is 30.0. The zero-order valence-electron chi connectivity index (χ0n) is 28.2. The Morgan fingerprint density at radius 3 is 2.24 bits per heavy atom. The highest BCUT2D eigenvalue weighted by atomic mass is 35.5. The zero-order chi connectivity index (χ0) is 34.4. The van der Waals surface area contributed by atoms with Crippen LogP contribution in [0.4, 0.5) is 4.79 Å². The topological polar surface area (TPSA) is 97.6 Å². The van der Waals surface area contributed by atoms with Crippen LogP contribution in [0.15, 0.2) is 79.1 Å². The van der Waals surface area contributed by atoms with Crippen molar-refractivity contribution in [3.05, 3.63) is 112 Å². The average molecular weight is 716 g/mol. The molecular formula is C40H44Cl2N4O4. The molecule has 4 bridgehead atoms. The monoisotopic (exact) mass is 714 g/mol. The van der Waals surface area contributed by atoms with E-state index in [1.54, 1.807) is 10.9 Å². The molecule has 4 aliphatic carbocycles. The maximum absolute atomic E-state index is 13.1. The second-order valence-electron chi connectivity index (χ2n) is 15.1. The van der Waals surface area contributed by atoms with E-state index in [4.69, 9.17) is 32.7 Å². The number of hydrogen-bond acceptors (Lipinski definition) is 5. The fourth-order valence-electron chi connectivity index (χ4n) is 9.45. The summed E-state index contributed by atoms with van der Waals surface area (Å²) < 4.78 is 15.2. The summed E-state index contributed by atoms with van der Waals surface area (Å²) in [6.07, 6.45) is 7.91. The molecule has 0 radical (unpaired) electrons. The second-order valence-corrected chi connectivity index (χ2v) is 15.8. The highest BCUT2D eigenvalue weighted by Gasteiger charge is 2.51. The van der Waals surface area contributed by atoms with Crippen LogP contribution in [-0.4, -0.2) is 32.3 Å². The van der Waals surface area contributed by atoms with Gasteiger partial charge in [0.2, 0.25) is 0 Å². The number of halogens is 2. The zero-order valence-corrected chi connectivity index (χ0v) is 29.7. The third-order valence-electron chi connectivity index (χ3n) is 11.5. The summed E-state index contributed by atoms with van der Waals surface area (Å²) in [6.45, 7) is 3.00. The predicted octanol–water partition coefficient (Wildman–Crippen LogP) is 8.61. The number of urea groups is 1. The fourth-order valence-corrected chi connectivity index (χ4v) is 9.76. The van der Waals surface area contributed by atoms with Gasteiger partial charge in [0.1, 0.15) is 5.15 Å². The molecule has 1 aromatic heterocycles. The molecule has 3 aromatic carbocycles. The van der Waals surface area contributed by atoms with E-state index in [-0.39, 0.29) is 41.5 Å². The lowest BCUT2D eigenvalue weighted by Gasteiger charge is -2.56. The molecule has 8 nitrogen and oxygen atoms in total. The Kier molecular flexibility index (Phi) is 9.42. The van der Waals surface area contributed by atoms with Crippen LogP contribution < -0.4 is 10.6 Å². The maximum Gasteiger partial charge on any atom is 0.315 e. The molecule has 2 amide bonds. The lowest BCUT2D eigenvalue weighted by atomic mass is 9.53. The summed E-state index contributed by atoms with van der Waals surface area (Å²) in [6, 6.07) is 24.3. The third-order valence-corrected chi connectivity index (χ3v) is 12.3. The van der Waals surface area contributed by atoms with Gasteiger partial charge in [-0.25, -0.2) is 9.78 Å². The van der Waals surface area contributed by atoms with Crippen LogP contribution >= 0.6 is 23.2 Å². The van der Waals surface area contributed by atoms with Crippen LogP contribution in [0.1, 0.15) is 80.1 Å². The standard InChI is InChI=1S/C40H44Cl2N4O4/c1-24-34(21-46-23-44-36(41)37(46)42)49-38(50-35(24)30-10-8-25(22-47)9-11-30)33-7-3-6-32(16-33)31-5-2-4-26(15-31)20-43-39(48)45-40-17-27-12-28(18-40)14-29(13-27)19-40/h2-11,15-16,23-24,27-29,34-35,38,47H,12-14,17-22H2,1H3,(H2,43,45,48)/t24-,27?,28?,29?,34+,35+,38+,40?/m1/s1. The van der Waals surface area contributed by atoms with Gasteiger partial charge in [-0.2, -0.15) is 0 Å². The minimum Gasteiger partial charge on any atom is -0.392 e. The van der Waals surface area contributed by atoms with Crippen molar-refractivity contribution in [1.29, 1.82) is 0 Å². The number of nitrogens with zero attached hydrogens (tertiary/aromatic N) is 2. The molecule has 0 unspecified atom stereocenters. The largest absolute Gasteiger partial charge is 0.392 e. The molecule has 50 heavy (non-hydrogen) atoms. The van der Waals surface area contributed by atoms with Gasteiger partial charge in [0.05, 0.1) is 31.7 Å². The Bertz CT molecular complexity index is 1810. The maximum atomic E-state index is 13.1. The van der Waals surface area contributed by atoms with Gasteiger partial charge in [-0.15, -0.1) is 0 Å². The Hall–Kier alpha value is -3.40. The first-order chi connectivity index (χ1) is 24.2. The lowest BCUT2D eigenvalue weighted by molar-refractivity contribution is -0.276. The number of carbonyl (C=O) groups is 1. The predicted molar refractivity (Wildman–Crippen MR) is 193 cm³/mol. The van der Waals surface area contributed by atoms with Crippen molar-refractivity contribution < 1.29 is 19.4 Å². The lowest BCUT2D eigenvalue weighted by Crippen LogP contribution is -2.61. The fraction of sp³-hybridized carbons (Fsp3) is 0.450. The van der Waals surface area contributed by atoms with Crippen LogP contribution in [0.3, 0.4) is 0 Å². The van der Waals surface area contributed by atoms with E-state index in [9.17, 15) is 9.90 Å². The number of aromatic nitrogens is 2. The summed E-state index contributed by atoms with van der Waals surface area (Å²) in [7, 11) is 0. The first-order valence-electron chi connectivity index (χ1n) is 17.9. The Balaban J connectivity index is 0.983. The second kappa shape index (κ2) is 14.0. The molecule has 10 heteroatoms. The summed E-state index contributed by atoms with van der Waals surface area (Å²) in [5.41, 5.74) is 5.84. The molecule has 0 spiro atoms. The van der Waals surface area contributed by atoms with E-state index >= 15 is 0 Å². The summed E-state index contributed by atoms with van der Waals surface area (Å²) in [4.78, 5) is 17.3. The molecular weight excluding hydrogens is 671 g/mol. The first kappa shape index (κ1) is 33.7. The minimum absolute atomic E-state index is 0.0128. The van der Waals surface area contributed by atoms with E-state index in [1.807, 2.05) is 42.5 Å². The number of amides is 2. The van der Waals surface area contributed by atoms with E-state index in [2.05, 4.69) is 52.9 Å². The Morgan fingerprint density at radius 2 is 1.58 bits per heavy atom. The van der Waals surface area contributed by atoms with E-state index in [0.717, 1.165) is 70.4 Å². The molecule has 4 saturated carbocycles. The van der Waals surface area contributed by atoms with Gasteiger partial charge in [0.15, 0.2) is 11.4 Å². The average Bonchev–Trinajstić information content (AvgIpc) is 3.43. The van der Waals surface area contributed by atoms with Crippen molar-refractivity contribution in [2.45, 2.75) is 89.2 Å². The van der Waals surface area contributed by atoms with E-state index in [1.165, 1.54) is 19.3 Å². The van der Waals surface area contributed by atoms with Crippen molar-refractivity contribution in [2.24, 2.45) is 23.7 Å². The summed E-state index contributed by atoms with van der Waals surface area (Å²) in [5, 5.41) is 16.8. The number of aliphatic hydroxyl groups is 1. The number of nitrogens with one attached hydrogen (secondary N) is 2. The number of aliphatic hydroxyl groups excluding tert-OH is 1. The van der Waals surface area contributed by atoms with Crippen molar-refractivity contribution in [3.8, 4) is 11.1 Å². The number of benzene rings is 3. The minimum atomic E-state index is -0.644. The number of rotatable bonds is 9. The highest BCUT2D eigenvalue weighted by Crippen LogP contribution is 2.55. The van der Waals surface area contributed by atoms with Crippen molar-refractivity contribution in [2.75, 3.05) is 0 Å².